The minimum Gasteiger partial charge on any atom is -0.406 e. The van der Waals surface area contributed by atoms with Gasteiger partial charge in [-0.2, -0.15) is 9.78 Å². The van der Waals surface area contributed by atoms with E-state index in [1.54, 1.807) is 12.1 Å². The maximum absolute atomic E-state index is 13.1. The quantitative estimate of drug-likeness (QED) is 0.607. The molecule has 4 rings (SSSR count). The predicted molar refractivity (Wildman–Crippen MR) is 111 cm³/mol. The molecule has 0 bridgehead atoms. The zero-order valence-corrected chi connectivity index (χ0v) is 17.1. The van der Waals surface area contributed by atoms with Crippen LogP contribution in [0, 0.1) is 0 Å². The van der Waals surface area contributed by atoms with Gasteiger partial charge in [0.05, 0.1) is 29.7 Å². The minimum absolute atomic E-state index is 0.175. The Labute approximate surface area is 185 Å². The molecule has 0 spiro atoms. The number of aliphatic hydroxyl groups is 1. The fourth-order valence-corrected chi connectivity index (χ4v) is 3.63. The van der Waals surface area contributed by atoms with Gasteiger partial charge >= 0.3 is 6.36 Å². The Hall–Kier alpha value is -3.73. The van der Waals surface area contributed by atoms with Crippen LogP contribution in [0.25, 0.3) is 16.9 Å². The number of hydrogen-bond donors (Lipinski definition) is 2. The van der Waals surface area contributed by atoms with Crippen molar-refractivity contribution in [1.82, 2.24) is 20.1 Å². The largest absolute Gasteiger partial charge is 0.573 e. The Morgan fingerprint density at radius 3 is 2.55 bits per heavy atom. The molecule has 33 heavy (non-hydrogen) atoms. The van der Waals surface area contributed by atoms with Crippen molar-refractivity contribution in [2.75, 3.05) is 0 Å². The monoisotopic (exact) mass is 460 g/mol. The van der Waals surface area contributed by atoms with Crippen LogP contribution in [0.15, 0.2) is 59.7 Å². The lowest BCUT2D eigenvalue weighted by Gasteiger charge is -2.17. The maximum Gasteiger partial charge on any atom is 0.573 e. The van der Waals surface area contributed by atoms with Crippen LogP contribution in [0.5, 0.6) is 5.75 Å². The summed E-state index contributed by atoms with van der Waals surface area (Å²) in [7, 11) is 0. The second-order valence-electron chi connectivity index (χ2n) is 7.52. The SMILES string of the molecule is O=C(N[C@@H]1CCC[C@H]1O)c1cc(-c2ccc(OC(F)(F)F)cc2)nn(-c2cccnc2)c1=O. The van der Waals surface area contributed by atoms with Crippen molar-refractivity contribution in [3.63, 3.8) is 0 Å². The first-order chi connectivity index (χ1) is 15.7. The molecule has 1 saturated carbocycles. The summed E-state index contributed by atoms with van der Waals surface area (Å²) in [6.45, 7) is 0. The van der Waals surface area contributed by atoms with Gasteiger partial charge < -0.3 is 15.2 Å². The third-order valence-corrected chi connectivity index (χ3v) is 5.23. The van der Waals surface area contributed by atoms with Crippen LogP contribution in [-0.4, -0.2) is 44.3 Å². The number of ether oxygens (including phenoxy) is 1. The van der Waals surface area contributed by atoms with E-state index in [1.165, 1.54) is 30.6 Å². The normalized spacial score (nSPS) is 18.2. The Morgan fingerprint density at radius 2 is 1.94 bits per heavy atom. The van der Waals surface area contributed by atoms with E-state index in [4.69, 9.17) is 0 Å². The number of nitrogens with zero attached hydrogens (tertiary/aromatic N) is 3. The Morgan fingerprint density at radius 1 is 1.18 bits per heavy atom. The summed E-state index contributed by atoms with van der Waals surface area (Å²) in [5.74, 6) is -1.09. The summed E-state index contributed by atoms with van der Waals surface area (Å²) in [6, 6.07) is 8.86. The molecular formula is C22H19F3N4O4. The molecule has 3 aromatic rings. The smallest absolute Gasteiger partial charge is 0.406 e. The highest BCUT2D eigenvalue weighted by Gasteiger charge is 2.31. The molecule has 2 N–H and O–H groups in total. The second kappa shape index (κ2) is 9.02. The molecule has 2 aromatic heterocycles. The molecule has 1 aliphatic rings. The Balaban J connectivity index is 1.75. The zero-order chi connectivity index (χ0) is 23.6. The van der Waals surface area contributed by atoms with Crippen LogP contribution >= 0.6 is 0 Å². The minimum atomic E-state index is -4.83. The number of halogens is 3. The number of rotatable bonds is 5. The summed E-state index contributed by atoms with van der Waals surface area (Å²) in [5.41, 5.74) is -0.0880. The number of nitrogens with one attached hydrogen (secondary N) is 1. The van der Waals surface area contributed by atoms with Crippen LogP contribution in [0.3, 0.4) is 0 Å². The van der Waals surface area contributed by atoms with Gasteiger partial charge in [0.15, 0.2) is 0 Å². The highest BCUT2D eigenvalue weighted by molar-refractivity contribution is 5.95. The van der Waals surface area contributed by atoms with E-state index in [1.807, 2.05) is 0 Å². The van der Waals surface area contributed by atoms with Crippen molar-refractivity contribution in [3.8, 4) is 22.7 Å². The highest BCUT2D eigenvalue weighted by Crippen LogP contribution is 2.26. The van der Waals surface area contributed by atoms with Crippen LogP contribution < -0.4 is 15.6 Å². The van der Waals surface area contributed by atoms with Crippen molar-refractivity contribution in [2.45, 2.75) is 37.8 Å². The van der Waals surface area contributed by atoms with E-state index in [9.17, 15) is 27.9 Å². The van der Waals surface area contributed by atoms with Gasteiger partial charge in [0.25, 0.3) is 11.5 Å². The van der Waals surface area contributed by atoms with Crippen LogP contribution in [-0.2, 0) is 0 Å². The topological polar surface area (TPSA) is 106 Å². The summed E-state index contributed by atoms with van der Waals surface area (Å²) in [4.78, 5) is 29.9. The fourth-order valence-electron chi connectivity index (χ4n) is 3.63. The summed E-state index contributed by atoms with van der Waals surface area (Å²) in [5, 5.41) is 17.0. The van der Waals surface area contributed by atoms with Gasteiger partial charge in [-0.25, -0.2) is 0 Å². The maximum atomic E-state index is 13.1. The van der Waals surface area contributed by atoms with E-state index in [2.05, 4.69) is 20.1 Å². The van der Waals surface area contributed by atoms with Gasteiger partial charge in [-0.1, -0.05) is 0 Å². The van der Waals surface area contributed by atoms with E-state index in [0.717, 1.165) is 23.2 Å². The summed E-state index contributed by atoms with van der Waals surface area (Å²) >= 11 is 0. The van der Waals surface area contributed by atoms with Gasteiger partial charge in [0, 0.05) is 11.8 Å². The van der Waals surface area contributed by atoms with Gasteiger partial charge in [0.1, 0.15) is 11.3 Å². The number of hydrogen-bond acceptors (Lipinski definition) is 6. The van der Waals surface area contributed by atoms with E-state index in [0.29, 0.717) is 24.1 Å². The number of carbonyl (C=O) groups is 1. The lowest BCUT2D eigenvalue weighted by atomic mass is 10.1. The lowest BCUT2D eigenvalue weighted by molar-refractivity contribution is -0.274. The predicted octanol–water partition coefficient (Wildman–Crippen LogP) is 2.84. The summed E-state index contributed by atoms with van der Waals surface area (Å²) in [6.07, 6.45) is -0.741. The molecule has 1 amide bonds. The van der Waals surface area contributed by atoms with Gasteiger partial charge in [0.2, 0.25) is 0 Å². The molecule has 8 nitrogen and oxygen atoms in total. The van der Waals surface area contributed by atoms with Crippen molar-refractivity contribution in [1.29, 1.82) is 0 Å². The number of aliphatic hydroxyl groups excluding tert-OH is 1. The number of carbonyl (C=O) groups excluding carboxylic acids is 1. The van der Waals surface area contributed by atoms with Crippen molar-refractivity contribution >= 4 is 5.91 Å². The second-order valence-corrected chi connectivity index (χ2v) is 7.52. The van der Waals surface area contributed by atoms with Crippen LogP contribution in [0.4, 0.5) is 13.2 Å². The third kappa shape index (κ3) is 5.20. The van der Waals surface area contributed by atoms with Gasteiger partial charge in [-0.15, -0.1) is 13.2 Å². The molecule has 1 aliphatic carbocycles. The molecule has 0 radical (unpaired) electrons. The Bertz CT molecular complexity index is 1200. The fraction of sp³-hybridized carbons (Fsp3) is 0.273. The molecule has 1 aromatic carbocycles. The molecule has 0 unspecified atom stereocenters. The molecule has 1 fully saturated rings. The molecule has 172 valence electrons. The zero-order valence-electron chi connectivity index (χ0n) is 17.1. The Kier molecular flexibility index (Phi) is 6.14. The third-order valence-electron chi connectivity index (χ3n) is 5.23. The standard InChI is InChI=1S/C22H19F3N4O4/c23-22(24,25)33-15-8-6-13(7-9-15)18-11-16(20(31)27-17-4-1-5-19(17)30)21(32)29(28-18)14-3-2-10-26-12-14/h2-3,6-12,17,19,30H,1,4-5H2,(H,27,31)/t17-,19-/m1/s1. The van der Waals surface area contributed by atoms with Crippen molar-refractivity contribution in [3.05, 3.63) is 70.8 Å². The van der Waals surface area contributed by atoms with Gasteiger partial charge in [-0.3, -0.25) is 14.6 Å². The average Bonchev–Trinajstić information content (AvgIpc) is 3.18. The first kappa shape index (κ1) is 22.5. The van der Waals surface area contributed by atoms with E-state index >= 15 is 0 Å². The van der Waals surface area contributed by atoms with Crippen LogP contribution in [0.1, 0.15) is 29.6 Å². The number of aromatic nitrogens is 3. The highest BCUT2D eigenvalue weighted by atomic mass is 19.4. The van der Waals surface area contributed by atoms with E-state index < -0.39 is 35.7 Å². The van der Waals surface area contributed by atoms with Crippen LogP contribution in [0.2, 0.25) is 0 Å². The molecule has 2 heterocycles. The van der Waals surface area contributed by atoms with Gasteiger partial charge in [-0.05, 0) is 61.7 Å². The summed E-state index contributed by atoms with van der Waals surface area (Å²) < 4.78 is 42.2. The number of pyridine rings is 1. The first-order valence-corrected chi connectivity index (χ1v) is 10.1. The number of alkyl halides is 3. The molecule has 11 heteroatoms. The van der Waals surface area contributed by atoms with E-state index in [-0.39, 0.29) is 11.3 Å². The lowest BCUT2D eigenvalue weighted by Crippen LogP contribution is -2.42. The molecule has 0 aliphatic heterocycles. The van der Waals surface area contributed by atoms with Crippen molar-refractivity contribution in [2.24, 2.45) is 0 Å². The molecule has 2 atom stereocenters. The number of amides is 1. The average molecular weight is 460 g/mol. The first-order valence-electron chi connectivity index (χ1n) is 10.1. The van der Waals surface area contributed by atoms with Crippen molar-refractivity contribution < 1.29 is 27.8 Å². The number of benzene rings is 1. The molecule has 0 saturated heterocycles. The molecular weight excluding hydrogens is 441 g/mol.